The van der Waals surface area contributed by atoms with Gasteiger partial charge in [0.05, 0.1) is 10.6 Å². The molecule has 1 heterocycles. The highest BCUT2D eigenvalue weighted by Gasteiger charge is 2.20. The molecule has 0 N–H and O–H groups in total. The standard InChI is InChI=1S/C19H17ClO5/c1-2-12-3-5-13(6-4-12)16(21)11-25-19(22)14-9-15(20)18-17(10-14)23-7-8-24-18/h3-6,9-10H,2,7-8,11H2,1H3. The van der Waals surface area contributed by atoms with Gasteiger partial charge in [0, 0.05) is 5.56 Å². The van der Waals surface area contributed by atoms with E-state index >= 15 is 0 Å². The first kappa shape index (κ1) is 17.3. The van der Waals surface area contributed by atoms with E-state index in [4.69, 9.17) is 25.8 Å². The van der Waals surface area contributed by atoms with Crippen molar-refractivity contribution in [3.05, 3.63) is 58.1 Å². The first-order chi connectivity index (χ1) is 12.1. The van der Waals surface area contributed by atoms with Crippen LogP contribution in [0.3, 0.4) is 0 Å². The number of halogens is 1. The molecule has 0 bridgehead atoms. The van der Waals surface area contributed by atoms with Crippen molar-refractivity contribution in [1.82, 2.24) is 0 Å². The van der Waals surface area contributed by atoms with Crippen LogP contribution >= 0.6 is 11.6 Å². The van der Waals surface area contributed by atoms with Crippen molar-refractivity contribution in [2.75, 3.05) is 19.8 Å². The zero-order chi connectivity index (χ0) is 17.8. The fourth-order valence-electron chi connectivity index (χ4n) is 2.45. The number of esters is 1. The second kappa shape index (κ2) is 7.57. The molecule has 0 aromatic heterocycles. The van der Waals surface area contributed by atoms with Gasteiger partial charge < -0.3 is 14.2 Å². The van der Waals surface area contributed by atoms with E-state index in [9.17, 15) is 9.59 Å². The van der Waals surface area contributed by atoms with Gasteiger partial charge in [-0.25, -0.2) is 4.79 Å². The Morgan fingerprint density at radius 1 is 1.08 bits per heavy atom. The van der Waals surface area contributed by atoms with Crippen molar-refractivity contribution in [2.45, 2.75) is 13.3 Å². The molecule has 2 aromatic rings. The van der Waals surface area contributed by atoms with Gasteiger partial charge in [-0.2, -0.15) is 0 Å². The van der Waals surface area contributed by atoms with Crippen molar-refractivity contribution in [3.63, 3.8) is 0 Å². The van der Waals surface area contributed by atoms with Gasteiger partial charge in [0.15, 0.2) is 23.9 Å². The van der Waals surface area contributed by atoms with Crippen molar-refractivity contribution >= 4 is 23.4 Å². The number of benzene rings is 2. The van der Waals surface area contributed by atoms with E-state index in [2.05, 4.69) is 0 Å². The summed E-state index contributed by atoms with van der Waals surface area (Å²) in [7, 11) is 0. The van der Waals surface area contributed by atoms with Gasteiger partial charge in [-0.05, 0) is 24.1 Å². The monoisotopic (exact) mass is 360 g/mol. The average molecular weight is 361 g/mol. The molecule has 0 spiro atoms. The molecule has 130 valence electrons. The Kier molecular flexibility index (Phi) is 5.24. The number of hydrogen-bond donors (Lipinski definition) is 0. The van der Waals surface area contributed by atoms with Crippen LogP contribution < -0.4 is 9.47 Å². The van der Waals surface area contributed by atoms with Crippen molar-refractivity contribution in [3.8, 4) is 11.5 Å². The second-order valence-corrected chi connectivity index (χ2v) is 5.94. The molecule has 0 saturated carbocycles. The number of carbonyl (C=O) groups excluding carboxylic acids is 2. The number of Topliss-reactive ketones (excluding diaryl/α,β-unsaturated/α-hetero) is 1. The molecular weight excluding hydrogens is 344 g/mol. The van der Waals surface area contributed by atoms with E-state index in [-0.39, 0.29) is 23.0 Å². The van der Waals surface area contributed by atoms with Gasteiger partial charge in [-0.1, -0.05) is 42.8 Å². The van der Waals surface area contributed by atoms with Gasteiger partial charge in [-0.3, -0.25) is 4.79 Å². The molecule has 0 fully saturated rings. The Morgan fingerprint density at radius 2 is 1.80 bits per heavy atom. The maximum absolute atomic E-state index is 12.2. The molecule has 1 aliphatic rings. The highest BCUT2D eigenvalue weighted by Crippen LogP contribution is 2.38. The van der Waals surface area contributed by atoms with Gasteiger partial charge in [0.25, 0.3) is 0 Å². The van der Waals surface area contributed by atoms with E-state index in [1.807, 2.05) is 19.1 Å². The molecule has 5 nitrogen and oxygen atoms in total. The van der Waals surface area contributed by atoms with Crippen LogP contribution in [-0.2, 0) is 11.2 Å². The Morgan fingerprint density at radius 3 is 2.52 bits per heavy atom. The number of aryl methyl sites for hydroxylation is 1. The molecule has 0 aliphatic carbocycles. The Balaban J connectivity index is 1.66. The molecule has 3 rings (SSSR count). The van der Waals surface area contributed by atoms with Gasteiger partial charge >= 0.3 is 5.97 Å². The van der Waals surface area contributed by atoms with Gasteiger partial charge in [0.1, 0.15) is 13.2 Å². The van der Waals surface area contributed by atoms with Crippen LogP contribution in [0.25, 0.3) is 0 Å². The Labute approximate surface area is 150 Å². The van der Waals surface area contributed by atoms with Crippen LogP contribution in [0.15, 0.2) is 36.4 Å². The van der Waals surface area contributed by atoms with Gasteiger partial charge in [0.2, 0.25) is 0 Å². The molecule has 1 aliphatic heterocycles. The highest BCUT2D eigenvalue weighted by molar-refractivity contribution is 6.32. The largest absolute Gasteiger partial charge is 0.486 e. The third-order valence-electron chi connectivity index (χ3n) is 3.85. The summed E-state index contributed by atoms with van der Waals surface area (Å²) in [4.78, 5) is 24.3. The smallest absolute Gasteiger partial charge is 0.338 e. The number of carbonyl (C=O) groups is 2. The summed E-state index contributed by atoms with van der Waals surface area (Å²) >= 11 is 6.10. The van der Waals surface area contributed by atoms with Crippen molar-refractivity contribution in [2.24, 2.45) is 0 Å². The van der Waals surface area contributed by atoms with Crippen LogP contribution in [0.1, 0.15) is 33.2 Å². The molecule has 25 heavy (non-hydrogen) atoms. The fraction of sp³-hybridized carbons (Fsp3) is 0.263. The number of ether oxygens (including phenoxy) is 3. The molecule has 2 aromatic carbocycles. The lowest BCUT2D eigenvalue weighted by Crippen LogP contribution is -2.17. The third kappa shape index (κ3) is 3.94. The summed E-state index contributed by atoms with van der Waals surface area (Å²) in [5.74, 6) is -0.0965. The van der Waals surface area contributed by atoms with Crippen molar-refractivity contribution < 1.29 is 23.8 Å². The minimum Gasteiger partial charge on any atom is -0.486 e. The van der Waals surface area contributed by atoms with E-state index < -0.39 is 5.97 Å². The molecule has 0 saturated heterocycles. The minimum atomic E-state index is -0.641. The zero-order valence-electron chi connectivity index (χ0n) is 13.7. The maximum atomic E-state index is 12.2. The first-order valence-corrected chi connectivity index (χ1v) is 8.34. The molecule has 0 atom stereocenters. The number of rotatable bonds is 5. The van der Waals surface area contributed by atoms with Gasteiger partial charge in [-0.15, -0.1) is 0 Å². The molecular formula is C19H17ClO5. The topological polar surface area (TPSA) is 61.8 Å². The summed E-state index contributed by atoms with van der Waals surface area (Å²) in [5.41, 5.74) is 1.85. The summed E-state index contributed by atoms with van der Waals surface area (Å²) < 4.78 is 15.9. The SMILES string of the molecule is CCc1ccc(C(=O)COC(=O)c2cc(Cl)c3c(c2)OCCO3)cc1. The lowest BCUT2D eigenvalue weighted by Gasteiger charge is -2.19. The normalized spacial score (nSPS) is 12.6. The van der Waals surface area contributed by atoms with E-state index in [0.717, 1.165) is 12.0 Å². The zero-order valence-corrected chi connectivity index (χ0v) is 14.5. The second-order valence-electron chi connectivity index (χ2n) is 5.53. The predicted molar refractivity (Wildman–Crippen MR) is 92.9 cm³/mol. The fourth-order valence-corrected chi connectivity index (χ4v) is 2.72. The Hall–Kier alpha value is -2.53. The molecule has 6 heteroatoms. The average Bonchev–Trinajstić information content (AvgIpc) is 2.65. The van der Waals surface area contributed by atoms with Crippen LogP contribution in [0.4, 0.5) is 0 Å². The first-order valence-electron chi connectivity index (χ1n) is 7.97. The number of ketones is 1. The summed E-state index contributed by atoms with van der Waals surface area (Å²) in [5, 5.41) is 0.269. The van der Waals surface area contributed by atoms with Crippen LogP contribution in [0.5, 0.6) is 11.5 Å². The van der Waals surface area contributed by atoms with E-state index in [1.54, 1.807) is 12.1 Å². The third-order valence-corrected chi connectivity index (χ3v) is 4.13. The lowest BCUT2D eigenvalue weighted by atomic mass is 10.1. The van der Waals surface area contributed by atoms with Crippen LogP contribution in [0, 0.1) is 0 Å². The van der Waals surface area contributed by atoms with E-state index in [1.165, 1.54) is 12.1 Å². The quantitative estimate of drug-likeness (QED) is 0.600. The van der Waals surface area contributed by atoms with E-state index in [0.29, 0.717) is 30.3 Å². The lowest BCUT2D eigenvalue weighted by molar-refractivity contribution is 0.0474. The summed E-state index contributed by atoms with van der Waals surface area (Å²) in [6.07, 6.45) is 0.897. The summed E-state index contributed by atoms with van der Waals surface area (Å²) in [6, 6.07) is 10.2. The molecule has 0 unspecified atom stereocenters. The molecule has 0 radical (unpaired) electrons. The van der Waals surface area contributed by atoms with Crippen LogP contribution in [-0.4, -0.2) is 31.6 Å². The maximum Gasteiger partial charge on any atom is 0.338 e. The predicted octanol–water partition coefficient (Wildman–Crippen LogP) is 3.71. The highest BCUT2D eigenvalue weighted by atomic mass is 35.5. The number of hydrogen-bond acceptors (Lipinski definition) is 5. The minimum absolute atomic E-state index is 0.211. The summed E-state index contributed by atoms with van der Waals surface area (Å²) in [6.45, 7) is 2.49. The Bertz CT molecular complexity index is 798. The number of fused-ring (bicyclic) bond motifs is 1. The molecule has 0 amide bonds. The van der Waals surface area contributed by atoms with Crippen LogP contribution in [0.2, 0.25) is 5.02 Å². The van der Waals surface area contributed by atoms with Crippen molar-refractivity contribution in [1.29, 1.82) is 0 Å².